The molecule has 9 heteroatoms. The van der Waals surface area contributed by atoms with Crippen LogP contribution in [0, 0.1) is 5.92 Å². The van der Waals surface area contributed by atoms with E-state index in [2.05, 4.69) is 95.3 Å². The van der Waals surface area contributed by atoms with Gasteiger partial charge in [-0.15, -0.1) is 0 Å². The van der Waals surface area contributed by atoms with E-state index >= 15 is 0 Å². The molecule has 0 amide bonds. The minimum absolute atomic E-state index is 0.0118. The normalized spacial score (nSPS) is 20.2. The third kappa shape index (κ3) is 5.87. The lowest BCUT2D eigenvalue weighted by Crippen LogP contribution is -2.57. The Balaban J connectivity index is 0.933. The van der Waals surface area contributed by atoms with Crippen LogP contribution in [0.25, 0.3) is 11.1 Å². The van der Waals surface area contributed by atoms with Crippen LogP contribution >= 0.6 is 15.9 Å². The maximum atomic E-state index is 13.7. The van der Waals surface area contributed by atoms with Gasteiger partial charge in [-0.1, -0.05) is 126 Å². The first-order chi connectivity index (χ1) is 28.2. The number of esters is 2. The first-order valence-electron chi connectivity index (χ1n) is 19.2. The van der Waals surface area contributed by atoms with Crippen molar-refractivity contribution in [2.45, 2.75) is 23.0 Å². The van der Waals surface area contributed by atoms with Gasteiger partial charge >= 0.3 is 11.9 Å². The van der Waals surface area contributed by atoms with Gasteiger partial charge in [0.15, 0.2) is 0 Å². The number of benzene rings is 6. The fraction of sp³-hybridized carbons (Fsp3) is 0.184. The van der Waals surface area contributed by atoms with Gasteiger partial charge in [-0.3, -0.25) is 4.79 Å². The summed E-state index contributed by atoms with van der Waals surface area (Å²) in [6.07, 6.45) is 1.11. The number of carbonyl (C=O) groups excluding carboxylic acids is 2. The second-order valence-electron chi connectivity index (χ2n) is 14.7. The minimum atomic E-state index is -1.66. The van der Waals surface area contributed by atoms with Crippen LogP contribution in [0.3, 0.4) is 0 Å². The maximum Gasteiger partial charge on any atom is 0.330 e. The number of hydrogen-bond donors (Lipinski definition) is 2. The molecule has 8 nitrogen and oxygen atoms in total. The van der Waals surface area contributed by atoms with Gasteiger partial charge in [-0.05, 0) is 92.0 Å². The number of hydrogen-bond acceptors (Lipinski definition) is 8. The van der Waals surface area contributed by atoms with Crippen molar-refractivity contribution in [1.82, 2.24) is 0 Å². The van der Waals surface area contributed by atoms with Crippen molar-refractivity contribution in [2.75, 3.05) is 26.4 Å². The van der Waals surface area contributed by atoms with Gasteiger partial charge in [-0.25, -0.2) is 4.79 Å². The van der Waals surface area contributed by atoms with Crippen LogP contribution in [0.2, 0.25) is 0 Å². The highest BCUT2D eigenvalue weighted by atomic mass is 79.9. The zero-order chi connectivity index (χ0) is 40.1. The van der Waals surface area contributed by atoms with Crippen LogP contribution < -0.4 is 9.47 Å². The standard InChI is InChI=1S/C49H39BrO8/c1-2-45(51)57-27-25-55-34-20-15-31(16-21-34)48(38-11-5-3-9-36(38)37-10-4-6-12-39(37)48)32-17-22-35(23-18-32)56-26-28-58-46(52)44-30-47(53)40-13-7-8-14-41(40)49(44,54)42-24-19-33(50)29-43(42)47/h2-24,29,44,53-54H,1,25-28,30H2. The number of halogens is 1. The van der Waals surface area contributed by atoms with Crippen molar-refractivity contribution in [3.8, 4) is 22.6 Å². The summed E-state index contributed by atoms with van der Waals surface area (Å²) in [5, 5.41) is 24.4. The Labute approximate surface area is 344 Å². The van der Waals surface area contributed by atoms with E-state index in [0.29, 0.717) is 33.8 Å². The molecule has 2 N–H and O–H groups in total. The summed E-state index contributed by atoms with van der Waals surface area (Å²) in [6, 6.07) is 45.5. The number of rotatable bonds is 12. The Hall–Kier alpha value is -6.00. The molecule has 0 saturated carbocycles. The molecule has 58 heavy (non-hydrogen) atoms. The number of fused-ring (bicyclic) bond motifs is 4. The first-order valence-corrected chi connectivity index (χ1v) is 20.0. The molecule has 0 radical (unpaired) electrons. The maximum absolute atomic E-state index is 13.7. The topological polar surface area (TPSA) is 112 Å². The highest BCUT2D eigenvalue weighted by molar-refractivity contribution is 9.10. The lowest BCUT2D eigenvalue weighted by atomic mass is 9.54. The molecule has 10 rings (SSSR count). The average molecular weight is 836 g/mol. The predicted molar refractivity (Wildman–Crippen MR) is 222 cm³/mol. The van der Waals surface area contributed by atoms with Crippen molar-refractivity contribution >= 4 is 27.9 Å². The van der Waals surface area contributed by atoms with E-state index in [4.69, 9.17) is 18.9 Å². The smallest absolute Gasteiger partial charge is 0.330 e. The monoisotopic (exact) mass is 834 g/mol. The molecule has 4 aliphatic carbocycles. The SMILES string of the molecule is C=CC(=O)OCCOc1ccc(C2(c3ccc(OCCOC(=O)C4CC5(O)c6ccccc6C4(O)c4ccc(Br)cc45)cc3)c3ccccc3-c3ccccc32)cc1. The first kappa shape index (κ1) is 37.6. The molecule has 0 saturated heterocycles. The van der Waals surface area contributed by atoms with Crippen molar-refractivity contribution < 1.29 is 38.7 Å². The Morgan fingerprint density at radius 2 is 1.12 bits per heavy atom. The summed E-state index contributed by atoms with van der Waals surface area (Å²) in [6.45, 7) is 3.79. The Morgan fingerprint density at radius 3 is 1.69 bits per heavy atom. The molecule has 6 aromatic carbocycles. The van der Waals surface area contributed by atoms with E-state index in [1.165, 1.54) is 0 Å². The summed E-state index contributed by atoms with van der Waals surface area (Å²) in [4.78, 5) is 25.2. The Morgan fingerprint density at radius 1 is 0.621 bits per heavy atom. The fourth-order valence-corrected chi connectivity index (χ4v) is 9.70. The van der Waals surface area contributed by atoms with Gasteiger partial charge in [0.2, 0.25) is 0 Å². The summed E-state index contributed by atoms with van der Waals surface area (Å²) in [7, 11) is 0. The van der Waals surface area contributed by atoms with Crippen LogP contribution in [0.15, 0.2) is 157 Å². The highest BCUT2D eigenvalue weighted by Crippen LogP contribution is 2.60. The van der Waals surface area contributed by atoms with Gasteiger partial charge in [0.05, 0.1) is 11.3 Å². The van der Waals surface area contributed by atoms with E-state index < -0.39 is 34.5 Å². The van der Waals surface area contributed by atoms with Crippen LogP contribution in [0.4, 0.5) is 0 Å². The second kappa shape index (κ2) is 14.7. The molecule has 3 atom stereocenters. The lowest BCUT2D eigenvalue weighted by Gasteiger charge is -2.53. The Kier molecular flexibility index (Phi) is 9.55. The van der Waals surface area contributed by atoms with Crippen molar-refractivity contribution in [3.05, 3.63) is 201 Å². The summed E-state index contributed by atoms with van der Waals surface area (Å²) < 4.78 is 23.6. The van der Waals surface area contributed by atoms with Crippen LogP contribution in [-0.4, -0.2) is 48.6 Å². The highest BCUT2D eigenvalue weighted by Gasteiger charge is 2.62. The number of carbonyl (C=O) groups is 2. The lowest BCUT2D eigenvalue weighted by molar-refractivity contribution is -0.167. The molecule has 4 aliphatic rings. The molecule has 0 aliphatic heterocycles. The molecule has 0 fully saturated rings. The third-order valence-corrected chi connectivity index (χ3v) is 12.3. The fourth-order valence-electron chi connectivity index (χ4n) is 9.34. The van der Waals surface area contributed by atoms with Crippen molar-refractivity contribution in [2.24, 2.45) is 5.92 Å². The molecule has 6 aromatic rings. The molecular weight excluding hydrogens is 796 g/mol. The van der Waals surface area contributed by atoms with Crippen LogP contribution in [0.5, 0.6) is 11.5 Å². The number of aliphatic hydroxyl groups is 2. The van der Waals surface area contributed by atoms with E-state index in [1.54, 1.807) is 30.3 Å². The third-order valence-electron chi connectivity index (χ3n) is 11.8. The van der Waals surface area contributed by atoms with Gasteiger partial charge < -0.3 is 29.2 Å². The van der Waals surface area contributed by atoms with E-state index in [1.807, 2.05) is 36.4 Å². The summed E-state index contributed by atoms with van der Waals surface area (Å²) in [5.74, 6) is -0.850. The van der Waals surface area contributed by atoms with Gasteiger partial charge in [0, 0.05) is 17.0 Å². The van der Waals surface area contributed by atoms with E-state index in [9.17, 15) is 19.8 Å². The quantitative estimate of drug-likeness (QED) is 0.0719. The summed E-state index contributed by atoms with van der Waals surface area (Å²) >= 11 is 3.50. The molecule has 0 spiro atoms. The predicted octanol–water partition coefficient (Wildman–Crippen LogP) is 8.35. The molecule has 290 valence electrons. The van der Waals surface area contributed by atoms with Crippen LogP contribution in [0.1, 0.15) is 50.9 Å². The molecule has 2 bridgehead atoms. The molecular formula is C49H39BrO8. The molecule has 0 heterocycles. The molecule has 3 unspecified atom stereocenters. The zero-order valence-corrected chi connectivity index (χ0v) is 33.0. The zero-order valence-electron chi connectivity index (χ0n) is 31.4. The van der Waals surface area contributed by atoms with E-state index in [-0.39, 0.29) is 32.8 Å². The minimum Gasteiger partial charge on any atom is -0.490 e. The van der Waals surface area contributed by atoms with Gasteiger partial charge in [0.25, 0.3) is 0 Å². The van der Waals surface area contributed by atoms with Crippen molar-refractivity contribution in [1.29, 1.82) is 0 Å². The molecule has 0 aromatic heterocycles. The van der Waals surface area contributed by atoms with E-state index in [0.717, 1.165) is 43.9 Å². The van der Waals surface area contributed by atoms with Gasteiger partial charge in [0.1, 0.15) is 49.1 Å². The number of ether oxygens (including phenoxy) is 4. The van der Waals surface area contributed by atoms with Gasteiger partial charge in [-0.2, -0.15) is 0 Å². The summed E-state index contributed by atoms with van der Waals surface area (Å²) in [5.41, 5.74) is 5.15. The van der Waals surface area contributed by atoms with Crippen molar-refractivity contribution in [3.63, 3.8) is 0 Å². The largest absolute Gasteiger partial charge is 0.490 e. The Bertz CT molecular complexity index is 2520. The second-order valence-corrected chi connectivity index (χ2v) is 15.7. The van der Waals surface area contributed by atoms with Crippen LogP contribution in [-0.2, 0) is 35.7 Å². The average Bonchev–Trinajstić information content (AvgIpc) is 3.56.